The highest BCUT2D eigenvalue weighted by Crippen LogP contribution is 2.38. The molecule has 0 amide bonds. The molecule has 1 N–H and O–H groups in total. The molecule has 0 atom stereocenters. The van der Waals surface area contributed by atoms with Crippen LogP contribution in [0.5, 0.6) is 5.75 Å². The van der Waals surface area contributed by atoms with Gasteiger partial charge in [-0.25, -0.2) is 4.99 Å². The number of nitrogens with zero attached hydrogens (tertiary/aromatic N) is 1. The summed E-state index contributed by atoms with van der Waals surface area (Å²) in [6.45, 7) is 0. The lowest BCUT2D eigenvalue weighted by molar-refractivity contribution is -0.110. The number of ketones is 1. The molecule has 1 aromatic rings. The molecule has 0 aromatic heterocycles. The van der Waals surface area contributed by atoms with Crippen molar-refractivity contribution in [2.24, 2.45) is 4.99 Å². The van der Waals surface area contributed by atoms with Gasteiger partial charge in [-0.2, -0.15) is 0 Å². The molecule has 1 aliphatic carbocycles. The maximum atomic E-state index is 10.9. The average Bonchev–Trinajstić information content (AvgIpc) is 2.33. The summed E-state index contributed by atoms with van der Waals surface area (Å²) in [5.74, 6) is -0.177. The van der Waals surface area contributed by atoms with Crippen LogP contribution in [0.3, 0.4) is 0 Å². The standard InChI is InChI=1S/C12H7Cl2NO2/c13-11-9(5-6-10(17)12(11)14)15-7-1-3-8(16)4-2-7/h1-6,17H. The van der Waals surface area contributed by atoms with E-state index in [0.717, 1.165) is 0 Å². The third kappa shape index (κ3) is 2.57. The first-order valence-electron chi connectivity index (χ1n) is 4.73. The average molecular weight is 268 g/mol. The summed E-state index contributed by atoms with van der Waals surface area (Å²) < 4.78 is 0. The van der Waals surface area contributed by atoms with Gasteiger partial charge in [0.25, 0.3) is 0 Å². The van der Waals surface area contributed by atoms with E-state index in [0.29, 0.717) is 11.4 Å². The number of aromatic hydroxyl groups is 1. The van der Waals surface area contributed by atoms with E-state index < -0.39 is 0 Å². The Kier molecular flexibility index (Phi) is 3.31. The van der Waals surface area contributed by atoms with E-state index in [1.165, 1.54) is 18.2 Å². The number of allylic oxidation sites excluding steroid dienone is 4. The minimum Gasteiger partial charge on any atom is -0.506 e. The molecule has 0 unspecified atom stereocenters. The molecule has 0 radical (unpaired) electrons. The monoisotopic (exact) mass is 267 g/mol. The normalized spacial score (nSPS) is 14.2. The molecule has 1 aliphatic rings. The zero-order valence-corrected chi connectivity index (χ0v) is 10.0. The van der Waals surface area contributed by atoms with Crippen LogP contribution < -0.4 is 0 Å². The van der Waals surface area contributed by atoms with Crippen molar-refractivity contribution in [3.05, 3.63) is 46.5 Å². The molecule has 0 spiro atoms. The van der Waals surface area contributed by atoms with Crippen LogP contribution >= 0.6 is 23.2 Å². The lowest BCUT2D eigenvalue weighted by Crippen LogP contribution is -1.98. The first kappa shape index (κ1) is 11.9. The van der Waals surface area contributed by atoms with E-state index in [4.69, 9.17) is 23.2 Å². The lowest BCUT2D eigenvalue weighted by atomic mass is 10.1. The van der Waals surface area contributed by atoms with Crippen LogP contribution in [0.25, 0.3) is 0 Å². The van der Waals surface area contributed by atoms with Gasteiger partial charge in [0.05, 0.1) is 16.4 Å². The molecular formula is C12H7Cl2NO2. The summed E-state index contributed by atoms with van der Waals surface area (Å²) in [5.41, 5.74) is 1.03. The Bertz CT molecular complexity index is 556. The number of carbonyl (C=O) groups is 1. The quantitative estimate of drug-likeness (QED) is 0.793. The van der Waals surface area contributed by atoms with Gasteiger partial charge in [0.15, 0.2) is 5.78 Å². The van der Waals surface area contributed by atoms with Crippen molar-refractivity contribution >= 4 is 40.4 Å². The fourth-order valence-corrected chi connectivity index (χ4v) is 1.64. The minimum absolute atomic E-state index is 0.0633. The Morgan fingerprint density at radius 2 is 1.65 bits per heavy atom. The van der Waals surface area contributed by atoms with Crippen LogP contribution in [0.2, 0.25) is 10.0 Å². The number of benzene rings is 1. The number of hydrogen-bond acceptors (Lipinski definition) is 3. The summed E-state index contributed by atoms with van der Waals surface area (Å²) in [7, 11) is 0. The summed E-state index contributed by atoms with van der Waals surface area (Å²) in [4.78, 5) is 15.1. The van der Waals surface area contributed by atoms with Crippen LogP contribution in [0.1, 0.15) is 0 Å². The van der Waals surface area contributed by atoms with Crippen LogP contribution in [-0.2, 0) is 4.79 Å². The van der Waals surface area contributed by atoms with E-state index in [-0.39, 0.29) is 21.6 Å². The Morgan fingerprint density at radius 3 is 2.29 bits per heavy atom. The van der Waals surface area contributed by atoms with Gasteiger partial charge in [-0.1, -0.05) is 23.2 Å². The topological polar surface area (TPSA) is 49.7 Å². The molecule has 0 bridgehead atoms. The first-order valence-corrected chi connectivity index (χ1v) is 5.49. The number of carbonyl (C=O) groups excluding carboxylic acids is 1. The van der Waals surface area contributed by atoms with Gasteiger partial charge in [0, 0.05) is 0 Å². The van der Waals surface area contributed by atoms with Gasteiger partial charge in [0.2, 0.25) is 0 Å². The molecule has 3 nitrogen and oxygen atoms in total. The van der Waals surface area contributed by atoms with E-state index in [1.807, 2.05) is 0 Å². The van der Waals surface area contributed by atoms with Crippen LogP contribution in [0, 0.1) is 0 Å². The van der Waals surface area contributed by atoms with Gasteiger partial charge in [-0.15, -0.1) is 0 Å². The molecule has 5 heteroatoms. The van der Waals surface area contributed by atoms with E-state index in [2.05, 4.69) is 4.99 Å². The van der Waals surface area contributed by atoms with Gasteiger partial charge in [0.1, 0.15) is 10.8 Å². The predicted molar refractivity (Wildman–Crippen MR) is 68.5 cm³/mol. The van der Waals surface area contributed by atoms with Crippen LogP contribution in [0.15, 0.2) is 41.4 Å². The second-order valence-electron chi connectivity index (χ2n) is 3.34. The van der Waals surface area contributed by atoms with Gasteiger partial charge >= 0.3 is 0 Å². The fraction of sp³-hybridized carbons (Fsp3) is 0. The summed E-state index contributed by atoms with van der Waals surface area (Å²) in [6.07, 6.45) is 5.99. The zero-order chi connectivity index (χ0) is 12.4. The van der Waals surface area contributed by atoms with Gasteiger partial charge in [-0.05, 0) is 36.4 Å². The van der Waals surface area contributed by atoms with Crippen molar-refractivity contribution in [2.75, 3.05) is 0 Å². The zero-order valence-electron chi connectivity index (χ0n) is 8.52. The van der Waals surface area contributed by atoms with E-state index in [9.17, 15) is 9.90 Å². The summed E-state index contributed by atoms with van der Waals surface area (Å²) in [6, 6.07) is 2.96. The van der Waals surface area contributed by atoms with Crippen molar-refractivity contribution in [3.63, 3.8) is 0 Å². The van der Waals surface area contributed by atoms with E-state index in [1.54, 1.807) is 18.2 Å². The first-order chi connectivity index (χ1) is 8.08. The molecule has 1 aromatic carbocycles. The largest absolute Gasteiger partial charge is 0.506 e. The number of phenolic OH excluding ortho intramolecular Hbond substituents is 1. The maximum absolute atomic E-state index is 10.9. The maximum Gasteiger partial charge on any atom is 0.178 e. The predicted octanol–water partition coefficient (Wildman–Crippen LogP) is 3.47. The second-order valence-corrected chi connectivity index (χ2v) is 4.09. The summed E-state index contributed by atoms with van der Waals surface area (Å²) >= 11 is 11.7. The molecule has 0 heterocycles. The molecule has 0 saturated heterocycles. The highest BCUT2D eigenvalue weighted by atomic mass is 35.5. The SMILES string of the molecule is O=C1C=CC(=Nc2ccc(O)c(Cl)c2Cl)C=C1. The number of aliphatic imine (C=N–C) groups is 1. The highest BCUT2D eigenvalue weighted by Gasteiger charge is 2.09. The number of phenols is 1. The highest BCUT2D eigenvalue weighted by molar-refractivity contribution is 6.44. The number of hydrogen-bond donors (Lipinski definition) is 1. The molecular weight excluding hydrogens is 261 g/mol. The minimum atomic E-state index is -0.0921. The van der Waals surface area contributed by atoms with Gasteiger partial charge < -0.3 is 5.11 Å². The third-order valence-corrected chi connectivity index (χ3v) is 2.99. The Balaban J connectivity index is 2.40. The van der Waals surface area contributed by atoms with Gasteiger partial charge in [-0.3, -0.25) is 4.79 Å². The molecule has 2 rings (SSSR count). The molecule has 0 fully saturated rings. The Hall–Kier alpha value is -1.58. The van der Waals surface area contributed by atoms with Crippen molar-refractivity contribution in [3.8, 4) is 5.75 Å². The Morgan fingerprint density at radius 1 is 1.00 bits per heavy atom. The van der Waals surface area contributed by atoms with E-state index >= 15 is 0 Å². The second kappa shape index (κ2) is 4.73. The smallest absolute Gasteiger partial charge is 0.178 e. The van der Waals surface area contributed by atoms with Crippen molar-refractivity contribution in [1.29, 1.82) is 0 Å². The third-order valence-electron chi connectivity index (χ3n) is 2.13. The number of rotatable bonds is 1. The molecule has 17 heavy (non-hydrogen) atoms. The molecule has 0 saturated carbocycles. The van der Waals surface area contributed by atoms with Crippen molar-refractivity contribution < 1.29 is 9.90 Å². The summed E-state index contributed by atoms with van der Waals surface area (Å²) in [5, 5.41) is 9.57. The molecule has 86 valence electrons. The van der Waals surface area contributed by atoms with Crippen molar-refractivity contribution in [2.45, 2.75) is 0 Å². The van der Waals surface area contributed by atoms with Crippen LogP contribution in [-0.4, -0.2) is 16.6 Å². The lowest BCUT2D eigenvalue weighted by Gasteiger charge is -2.04. The fourth-order valence-electron chi connectivity index (χ4n) is 1.28. The number of halogens is 2. The Labute approximate surface area is 108 Å². The van der Waals surface area contributed by atoms with Crippen molar-refractivity contribution in [1.82, 2.24) is 0 Å². The van der Waals surface area contributed by atoms with Crippen LogP contribution in [0.4, 0.5) is 5.69 Å². The molecule has 0 aliphatic heterocycles.